The van der Waals surface area contributed by atoms with Crippen LogP contribution in [-0.2, 0) is 4.79 Å². The maximum Gasteiger partial charge on any atom is 0.252 e. The van der Waals surface area contributed by atoms with E-state index < -0.39 is 6.10 Å². The molecule has 1 aliphatic heterocycles. The van der Waals surface area contributed by atoms with Gasteiger partial charge in [-0.2, -0.15) is 0 Å². The van der Waals surface area contributed by atoms with Crippen molar-refractivity contribution in [3.8, 4) is 5.75 Å². The third kappa shape index (κ3) is 5.19. The van der Waals surface area contributed by atoms with E-state index in [0.29, 0.717) is 12.3 Å². The highest BCUT2D eigenvalue weighted by atomic mass is 16.5. The molecular formula is C20H31N3O3. The van der Waals surface area contributed by atoms with Crippen LogP contribution in [0.15, 0.2) is 24.3 Å². The Morgan fingerprint density at radius 3 is 2.62 bits per heavy atom. The van der Waals surface area contributed by atoms with Crippen molar-refractivity contribution in [3.63, 3.8) is 0 Å². The maximum absolute atomic E-state index is 12.2. The van der Waals surface area contributed by atoms with Gasteiger partial charge in [0, 0.05) is 44.7 Å². The fraction of sp³-hybridized carbons (Fsp3) is 0.650. The number of para-hydroxylation sites is 1. The second-order valence-electron chi connectivity index (χ2n) is 7.89. The number of carbonyl (C=O) groups is 1. The predicted octanol–water partition coefficient (Wildman–Crippen LogP) is 0.879. The lowest BCUT2D eigenvalue weighted by molar-refractivity contribution is -0.131. The van der Waals surface area contributed by atoms with Crippen molar-refractivity contribution < 1.29 is 14.6 Å². The summed E-state index contributed by atoms with van der Waals surface area (Å²) >= 11 is 0. The van der Waals surface area contributed by atoms with E-state index >= 15 is 0 Å². The predicted molar refractivity (Wildman–Crippen MR) is 101 cm³/mol. The van der Waals surface area contributed by atoms with E-state index in [9.17, 15) is 9.90 Å². The monoisotopic (exact) mass is 361 g/mol. The number of hydrogen-bond acceptors (Lipinski definition) is 5. The first-order valence-corrected chi connectivity index (χ1v) is 9.53. The highest BCUT2D eigenvalue weighted by Crippen LogP contribution is 2.45. The molecule has 1 aromatic rings. The Balaban J connectivity index is 1.39. The van der Waals surface area contributed by atoms with Crippen LogP contribution in [0.4, 0.5) is 0 Å². The highest BCUT2D eigenvalue weighted by molar-refractivity contribution is 5.80. The van der Waals surface area contributed by atoms with E-state index in [0.717, 1.165) is 51.1 Å². The van der Waals surface area contributed by atoms with Gasteiger partial charge in [-0.15, -0.1) is 0 Å². The van der Waals surface area contributed by atoms with Gasteiger partial charge in [-0.1, -0.05) is 18.2 Å². The zero-order valence-electron chi connectivity index (χ0n) is 15.9. The van der Waals surface area contributed by atoms with E-state index in [1.165, 1.54) is 0 Å². The Bertz CT molecular complexity index is 610. The summed E-state index contributed by atoms with van der Waals surface area (Å²) < 4.78 is 5.58. The van der Waals surface area contributed by atoms with Gasteiger partial charge >= 0.3 is 0 Å². The molecule has 0 spiro atoms. The second-order valence-corrected chi connectivity index (χ2v) is 7.89. The molecule has 1 saturated heterocycles. The molecule has 1 atom stereocenters. The van der Waals surface area contributed by atoms with Crippen molar-refractivity contribution in [1.82, 2.24) is 15.1 Å². The van der Waals surface area contributed by atoms with Crippen LogP contribution in [-0.4, -0.2) is 79.8 Å². The van der Waals surface area contributed by atoms with E-state index in [2.05, 4.69) is 22.2 Å². The number of nitrogens with zero attached hydrogens (tertiary/aromatic N) is 2. The molecule has 0 radical (unpaired) electrons. The number of aliphatic hydroxyl groups is 1. The lowest BCUT2D eigenvalue weighted by Gasteiger charge is -2.35. The van der Waals surface area contributed by atoms with Crippen molar-refractivity contribution in [2.75, 3.05) is 52.9 Å². The van der Waals surface area contributed by atoms with Crippen molar-refractivity contribution >= 4 is 5.91 Å². The van der Waals surface area contributed by atoms with Gasteiger partial charge in [0.25, 0.3) is 5.91 Å². The number of aryl methyl sites for hydroxylation is 1. The van der Waals surface area contributed by atoms with Crippen LogP contribution in [0.2, 0.25) is 0 Å². The molecule has 6 nitrogen and oxygen atoms in total. The Morgan fingerprint density at radius 2 is 1.96 bits per heavy atom. The van der Waals surface area contributed by atoms with E-state index in [4.69, 9.17) is 4.74 Å². The number of carbonyl (C=O) groups excluding carboxylic acids is 1. The zero-order valence-corrected chi connectivity index (χ0v) is 15.9. The number of benzene rings is 1. The summed E-state index contributed by atoms with van der Waals surface area (Å²) in [4.78, 5) is 17.0. The van der Waals surface area contributed by atoms with E-state index in [1.54, 1.807) is 0 Å². The van der Waals surface area contributed by atoms with Gasteiger partial charge in [-0.3, -0.25) is 4.79 Å². The molecule has 0 unspecified atom stereocenters. The Kier molecular flexibility index (Phi) is 6.16. The molecule has 6 heteroatoms. The topological polar surface area (TPSA) is 65.0 Å². The first kappa shape index (κ1) is 19.1. The zero-order chi connectivity index (χ0) is 18.6. The molecule has 2 N–H and O–H groups in total. The quantitative estimate of drug-likeness (QED) is 0.720. The Labute approximate surface area is 156 Å². The minimum Gasteiger partial charge on any atom is -0.490 e. The fourth-order valence-corrected chi connectivity index (χ4v) is 3.40. The molecule has 1 aliphatic carbocycles. The molecule has 2 fully saturated rings. The molecule has 1 heterocycles. The summed E-state index contributed by atoms with van der Waals surface area (Å²) in [5.41, 5.74) is 1.19. The van der Waals surface area contributed by atoms with Crippen LogP contribution in [0, 0.1) is 12.3 Å². The molecule has 144 valence electrons. The maximum atomic E-state index is 12.2. The van der Waals surface area contributed by atoms with Crippen LogP contribution in [0.5, 0.6) is 5.75 Å². The third-order valence-corrected chi connectivity index (χ3v) is 5.54. The summed E-state index contributed by atoms with van der Waals surface area (Å²) in [7, 11) is 2.16. The number of likely N-dealkylation sites (N-methyl/N-ethyl adjacent to an activating group) is 1. The molecular weight excluding hydrogens is 330 g/mol. The van der Waals surface area contributed by atoms with Crippen molar-refractivity contribution in [2.24, 2.45) is 5.41 Å². The summed E-state index contributed by atoms with van der Waals surface area (Å²) in [6.07, 6.45) is 1.15. The molecule has 26 heavy (non-hydrogen) atoms. The van der Waals surface area contributed by atoms with Crippen LogP contribution < -0.4 is 10.1 Å². The van der Waals surface area contributed by atoms with Crippen molar-refractivity contribution in [1.29, 1.82) is 0 Å². The summed E-state index contributed by atoms with van der Waals surface area (Å²) in [6.45, 7) is 8.00. The normalized spacial score (nSPS) is 21.2. The Hall–Kier alpha value is -1.63. The minimum absolute atomic E-state index is 0.0256. The fourth-order valence-electron chi connectivity index (χ4n) is 3.40. The number of amides is 1. The largest absolute Gasteiger partial charge is 0.490 e. The van der Waals surface area contributed by atoms with Gasteiger partial charge in [0.05, 0.1) is 0 Å². The molecule has 1 aromatic carbocycles. The van der Waals surface area contributed by atoms with Gasteiger partial charge in [-0.25, -0.2) is 0 Å². The van der Waals surface area contributed by atoms with Crippen molar-refractivity contribution in [3.05, 3.63) is 29.8 Å². The lowest BCUT2D eigenvalue weighted by Crippen LogP contribution is -2.48. The van der Waals surface area contributed by atoms with Gasteiger partial charge in [-0.05, 0) is 38.4 Å². The average molecular weight is 361 g/mol. The number of piperazine rings is 1. The first-order valence-electron chi connectivity index (χ1n) is 9.53. The summed E-state index contributed by atoms with van der Waals surface area (Å²) in [5.74, 6) is 0.358. The van der Waals surface area contributed by atoms with E-state index in [1.807, 2.05) is 31.2 Å². The van der Waals surface area contributed by atoms with Crippen LogP contribution in [0.3, 0.4) is 0 Å². The number of ether oxygens (including phenoxy) is 1. The molecule has 0 bridgehead atoms. The molecule has 0 aromatic heterocycles. The number of hydrogen-bond donors (Lipinski definition) is 2. The highest BCUT2D eigenvalue weighted by Gasteiger charge is 2.44. The molecule has 2 aliphatic rings. The van der Waals surface area contributed by atoms with Gasteiger partial charge < -0.3 is 25.0 Å². The minimum atomic E-state index is -1.14. The van der Waals surface area contributed by atoms with Crippen LogP contribution in [0.1, 0.15) is 18.4 Å². The standard InChI is InChI=1S/C20H31N3O3/c1-16-5-3-4-6-18(16)26-13-17(24)19(25)21-14-20(7-8-20)15-23-11-9-22(2)10-12-23/h3-6,17,24H,7-15H2,1-2H3,(H,21,25)/t17-/m0/s1. The molecule has 1 saturated carbocycles. The smallest absolute Gasteiger partial charge is 0.252 e. The number of rotatable bonds is 8. The Morgan fingerprint density at radius 1 is 1.27 bits per heavy atom. The van der Waals surface area contributed by atoms with Crippen molar-refractivity contribution in [2.45, 2.75) is 25.9 Å². The lowest BCUT2D eigenvalue weighted by atomic mass is 10.1. The molecule has 1 amide bonds. The van der Waals surface area contributed by atoms with E-state index in [-0.39, 0.29) is 17.9 Å². The number of aliphatic hydroxyl groups excluding tert-OH is 1. The molecule has 3 rings (SSSR count). The summed E-state index contributed by atoms with van der Waals surface area (Å²) in [6, 6.07) is 7.59. The van der Waals surface area contributed by atoms with Gasteiger partial charge in [0.1, 0.15) is 12.4 Å². The van der Waals surface area contributed by atoms with Gasteiger partial charge in [0.2, 0.25) is 0 Å². The first-order chi connectivity index (χ1) is 12.5. The third-order valence-electron chi connectivity index (χ3n) is 5.54. The number of nitrogens with one attached hydrogen (secondary N) is 1. The second kappa shape index (κ2) is 8.37. The van der Waals surface area contributed by atoms with Crippen LogP contribution >= 0.6 is 0 Å². The van der Waals surface area contributed by atoms with Gasteiger partial charge in [0.15, 0.2) is 6.10 Å². The average Bonchev–Trinajstić information content (AvgIpc) is 3.40. The summed E-state index contributed by atoms with van der Waals surface area (Å²) in [5, 5.41) is 13.0. The van der Waals surface area contributed by atoms with Crippen LogP contribution in [0.25, 0.3) is 0 Å². The SMILES string of the molecule is Cc1ccccc1OC[C@H](O)C(=O)NCC1(CN2CCN(C)CC2)CC1.